The van der Waals surface area contributed by atoms with Gasteiger partial charge in [0.25, 0.3) is 5.91 Å². The van der Waals surface area contributed by atoms with Crippen LogP contribution < -0.4 is 5.32 Å². The number of rotatable bonds is 5. The molecule has 2 aromatic carbocycles. The summed E-state index contributed by atoms with van der Waals surface area (Å²) < 4.78 is 27.9. The zero-order valence-corrected chi connectivity index (χ0v) is 14.1. The highest BCUT2D eigenvalue weighted by molar-refractivity contribution is 7.90. The number of amides is 1. The predicted octanol–water partition coefficient (Wildman–Crippen LogP) is 2.19. The number of hydrogen-bond donors (Lipinski definition) is 1. The molecule has 0 aliphatic heterocycles. The maximum Gasteiger partial charge on any atom is 0.338 e. The SMILES string of the molecule is Cc1ccccc1NC(=O)COC(=O)c1cccc(S(C)(=O)=O)c1. The summed E-state index contributed by atoms with van der Waals surface area (Å²) in [5.41, 5.74) is 1.59. The highest BCUT2D eigenvalue weighted by atomic mass is 32.2. The molecule has 0 fully saturated rings. The van der Waals surface area contributed by atoms with E-state index in [1.807, 2.05) is 19.1 Å². The zero-order valence-electron chi connectivity index (χ0n) is 13.3. The van der Waals surface area contributed by atoms with Crippen molar-refractivity contribution in [2.45, 2.75) is 11.8 Å². The van der Waals surface area contributed by atoms with E-state index in [1.165, 1.54) is 24.3 Å². The molecule has 0 spiro atoms. The minimum Gasteiger partial charge on any atom is -0.452 e. The Morgan fingerprint density at radius 3 is 2.46 bits per heavy atom. The topological polar surface area (TPSA) is 89.5 Å². The maximum absolute atomic E-state index is 12.0. The average molecular weight is 347 g/mol. The maximum atomic E-state index is 12.0. The number of carbonyl (C=O) groups excluding carboxylic acids is 2. The molecule has 0 aliphatic rings. The van der Waals surface area contributed by atoms with Gasteiger partial charge in [-0.2, -0.15) is 0 Å². The molecule has 0 unspecified atom stereocenters. The van der Waals surface area contributed by atoms with Gasteiger partial charge in [-0.3, -0.25) is 4.79 Å². The quantitative estimate of drug-likeness (QED) is 0.838. The summed E-state index contributed by atoms with van der Waals surface area (Å²) in [6.07, 6.45) is 1.05. The molecule has 0 aliphatic carbocycles. The van der Waals surface area contributed by atoms with Gasteiger partial charge in [0.2, 0.25) is 0 Å². The van der Waals surface area contributed by atoms with Crippen molar-refractivity contribution in [3.05, 3.63) is 59.7 Å². The van der Waals surface area contributed by atoms with E-state index < -0.39 is 28.3 Å². The summed E-state index contributed by atoms with van der Waals surface area (Å²) in [7, 11) is -3.42. The fraction of sp³-hybridized carbons (Fsp3) is 0.176. The lowest BCUT2D eigenvalue weighted by molar-refractivity contribution is -0.119. The molecular formula is C17H17NO5S. The lowest BCUT2D eigenvalue weighted by Gasteiger charge is -2.09. The number of nitrogens with one attached hydrogen (secondary N) is 1. The second-order valence-corrected chi connectivity index (χ2v) is 7.25. The van der Waals surface area contributed by atoms with Crippen molar-refractivity contribution in [2.24, 2.45) is 0 Å². The van der Waals surface area contributed by atoms with Crippen molar-refractivity contribution in [1.29, 1.82) is 0 Å². The van der Waals surface area contributed by atoms with Crippen LogP contribution in [0.5, 0.6) is 0 Å². The summed E-state index contributed by atoms with van der Waals surface area (Å²) in [6.45, 7) is 1.38. The molecule has 0 radical (unpaired) electrons. The van der Waals surface area contributed by atoms with Crippen LogP contribution >= 0.6 is 0 Å². The number of benzene rings is 2. The van der Waals surface area contributed by atoms with Gasteiger partial charge in [0.15, 0.2) is 16.4 Å². The second-order valence-electron chi connectivity index (χ2n) is 5.24. The average Bonchev–Trinajstić information content (AvgIpc) is 2.54. The third-order valence-electron chi connectivity index (χ3n) is 3.25. The van der Waals surface area contributed by atoms with Gasteiger partial charge >= 0.3 is 5.97 Å². The van der Waals surface area contributed by atoms with Crippen LogP contribution in [-0.4, -0.2) is 33.2 Å². The van der Waals surface area contributed by atoms with Gasteiger partial charge in [0.1, 0.15) is 0 Å². The Kier molecular flexibility index (Phi) is 5.35. The van der Waals surface area contributed by atoms with Crippen LogP contribution in [0.3, 0.4) is 0 Å². The molecule has 1 N–H and O–H groups in total. The fourth-order valence-electron chi connectivity index (χ4n) is 1.97. The number of anilines is 1. The van der Waals surface area contributed by atoms with Crippen LogP contribution in [0, 0.1) is 6.92 Å². The summed E-state index contributed by atoms with van der Waals surface area (Å²) in [5, 5.41) is 2.64. The molecule has 6 nitrogen and oxygen atoms in total. The van der Waals surface area contributed by atoms with Crippen molar-refractivity contribution in [3.8, 4) is 0 Å². The smallest absolute Gasteiger partial charge is 0.338 e. The third-order valence-corrected chi connectivity index (χ3v) is 4.36. The molecule has 0 bridgehead atoms. The zero-order chi connectivity index (χ0) is 17.7. The number of hydrogen-bond acceptors (Lipinski definition) is 5. The van der Waals surface area contributed by atoms with E-state index in [0.717, 1.165) is 11.8 Å². The molecule has 7 heteroatoms. The van der Waals surface area contributed by atoms with Crippen LogP contribution in [0.4, 0.5) is 5.69 Å². The molecule has 2 aromatic rings. The number of ether oxygens (including phenoxy) is 1. The van der Waals surface area contributed by atoms with Crippen molar-refractivity contribution in [1.82, 2.24) is 0 Å². The molecule has 126 valence electrons. The Labute approximate surface area is 140 Å². The van der Waals surface area contributed by atoms with E-state index in [4.69, 9.17) is 4.74 Å². The largest absolute Gasteiger partial charge is 0.452 e. The first-order valence-electron chi connectivity index (χ1n) is 7.10. The molecule has 0 heterocycles. The predicted molar refractivity (Wildman–Crippen MR) is 89.6 cm³/mol. The molecule has 0 atom stereocenters. The monoisotopic (exact) mass is 347 g/mol. The molecular weight excluding hydrogens is 330 g/mol. The normalized spacial score (nSPS) is 10.9. The van der Waals surface area contributed by atoms with Crippen LogP contribution in [0.15, 0.2) is 53.4 Å². The van der Waals surface area contributed by atoms with Crippen LogP contribution in [-0.2, 0) is 19.4 Å². The second kappa shape index (κ2) is 7.27. The molecule has 0 saturated heterocycles. The number of carbonyl (C=O) groups is 2. The van der Waals surface area contributed by atoms with Crippen LogP contribution in [0.1, 0.15) is 15.9 Å². The number of esters is 1. The lowest BCUT2D eigenvalue weighted by Crippen LogP contribution is -2.21. The fourth-order valence-corrected chi connectivity index (χ4v) is 2.63. The molecule has 24 heavy (non-hydrogen) atoms. The van der Waals surface area contributed by atoms with Crippen molar-refractivity contribution in [3.63, 3.8) is 0 Å². The minimum absolute atomic E-state index is 0.0151. The Hall–Kier alpha value is -2.67. The Balaban J connectivity index is 1.98. The minimum atomic E-state index is -3.42. The number of sulfone groups is 1. The van der Waals surface area contributed by atoms with E-state index in [9.17, 15) is 18.0 Å². The van der Waals surface area contributed by atoms with Gasteiger partial charge in [-0.1, -0.05) is 24.3 Å². The van der Waals surface area contributed by atoms with Gasteiger partial charge in [-0.25, -0.2) is 13.2 Å². The van der Waals surface area contributed by atoms with Crippen LogP contribution in [0.2, 0.25) is 0 Å². The summed E-state index contributed by atoms with van der Waals surface area (Å²) >= 11 is 0. The van der Waals surface area contributed by atoms with Gasteiger partial charge in [0, 0.05) is 11.9 Å². The van der Waals surface area contributed by atoms with E-state index >= 15 is 0 Å². The molecule has 2 rings (SSSR count). The van der Waals surface area contributed by atoms with Gasteiger partial charge in [-0.05, 0) is 36.8 Å². The van der Waals surface area contributed by atoms with Crippen molar-refractivity contribution < 1.29 is 22.7 Å². The summed E-state index contributed by atoms with van der Waals surface area (Å²) in [6, 6.07) is 12.7. The van der Waals surface area contributed by atoms with E-state index in [0.29, 0.717) is 5.69 Å². The highest BCUT2D eigenvalue weighted by Gasteiger charge is 2.14. The van der Waals surface area contributed by atoms with Crippen molar-refractivity contribution in [2.75, 3.05) is 18.2 Å². The summed E-state index contributed by atoms with van der Waals surface area (Å²) in [5.74, 6) is -1.24. The Bertz CT molecular complexity index is 874. The Morgan fingerprint density at radius 1 is 1.08 bits per heavy atom. The number of aryl methyl sites for hydroxylation is 1. The molecule has 0 saturated carbocycles. The number of para-hydroxylation sites is 1. The lowest BCUT2D eigenvalue weighted by atomic mass is 10.2. The standard InChI is InChI=1S/C17H17NO5S/c1-12-6-3-4-9-15(12)18-16(19)11-23-17(20)13-7-5-8-14(10-13)24(2,21)22/h3-10H,11H2,1-2H3,(H,18,19). The van der Waals surface area contributed by atoms with Crippen LogP contribution in [0.25, 0.3) is 0 Å². The van der Waals surface area contributed by atoms with E-state index in [1.54, 1.807) is 12.1 Å². The van der Waals surface area contributed by atoms with E-state index in [-0.39, 0.29) is 10.5 Å². The van der Waals surface area contributed by atoms with E-state index in [2.05, 4.69) is 5.32 Å². The molecule has 0 aromatic heterocycles. The van der Waals surface area contributed by atoms with Gasteiger partial charge in [0.05, 0.1) is 10.5 Å². The first-order chi connectivity index (χ1) is 11.3. The van der Waals surface area contributed by atoms with Gasteiger partial charge in [-0.15, -0.1) is 0 Å². The summed E-state index contributed by atoms with van der Waals surface area (Å²) in [4.78, 5) is 23.8. The first kappa shape index (κ1) is 17.7. The Morgan fingerprint density at radius 2 is 1.79 bits per heavy atom. The van der Waals surface area contributed by atoms with Gasteiger partial charge < -0.3 is 10.1 Å². The first-order valence-corrected chi connectivity index (χ1v) is 8.99. The molecule has 1 amide bonds. The highest BCUT2D eigenvalue weighted by Crippen LogP contribution is 2.14. The third kappa shape index (κ3) is 4.66. The van der Waals surface area contributed by atoms with Crippen molar-refractivity contribution >= 4 is 27.4 Å².